The lowest BCUT2D eigenvalue weighted by atomic mass is 9.97. The van der Waals surface area contributed by atoms with E-state index in [1.807, 2.05) is 42.8 Å². The fraction of sp³-hybridized carbons (Fsp3) is 0.333. The molecule has 4 aromatic rings. The van der Waals surface area contributed by atoms with Crippen molar-refractivity contribution >= 4 is 36.4 Å². The molecule has 178 valence electrons. The molecule has 0 aliphatic carbocycles. The van der Waals surface area contributed by atoms with Gasteiger partial charge in [-0.25, -0.2) is 4.98 Å². The zero-order chi connectivity index (χ0) is 23.8. The highest BCUT2D eigenvalue weighted by molar-refractivity contribution is 6.36. The highest BCUT2D eigenvalue weighted by Crippen LogP contribution is 2.30. The number of anilines is 1. The van der Waals surface area contributed by atoms with E-state index in [0.29, 0.717) is 10.9 Å². The Balaban J connectivity index is 1.15. The summed E-state index contributed by atoms with van der Waals surface area (Å²) in [5, 5.41) is 8.96. The van der Waals surface area contributed by atoms with E-state index < -0.39 is 0 Å². The quantitative estimate of drug-likeness (QED) is 0.424. The van der Waals surface area contributed by atoms with Gasteiger partial charge in [0.15, 0.2) is 5.65 Å². The van der Waals surface area contributed by atoms with Gasteiger partial charge < -0.3 is 10.1 Å². The Labute approximate surface area is 211 Å². The monoisotopic (exact) mass is 485 g/mol. The SMILES string of the molecule is Bc1cnn2c(NCC3CCCN(CC4Cc5ccccc5O4)C3)cc(-c3ccccc3Cl)nc12. The number of aromatic nitrogens is 3. The maximum absolute atomic E-state index is 6.49. The highest BCUT2D eigenvalue weighted by Gasteiger charge is 2.27. The first kappa shape index (κ1) is 22.4. The average Bonchev–Trinajstić information content (AvgIpc) is 3.46. The van der Waals surface area contributed by atoms with Gasteiger partial charge >= 0.3 is 0 Å². The number of nitrogens with zero attached hydrogens (tertiary/aromatic N) is 4. The smallest absolute Gasteiger partial charge is 0.151 e. The minimum atomic E-state index is 0.254. The topological polar surface area (TPSA) is 54.7 Å². The summed E-state index contributed by atoms with van der Waals surface area (Å²) in [4.78, 5) is 7.43. The molecule has 35 heavy (non-hydrogen) atoms. The van der Waals surface area contributed by atoms with Crippen molar-refractivity contribution in [2.45, 2.75) is 25.4 Å². The van der Waals surface area contributed by atoms with Crippen LogP contribution in [0.15, 0.2) is 60.8 Å². The Morgan fingerprint density at radius 1 is 1.14 bits per heavy atom. The zero-order valence-electron chi connectivity index (χ0n) is 20.0. The second kappa shape index (κ2) is 9.55. The minimum Gasteiger partial charge on any atom is -0.488 e. The van der Waals surface area contributed by atoms with Crippen LogP contribution in [0, 0.1) is 5.92 Å². The van der Waals surface area contributed by atoms with Gasteiger partial charge in [0.05, 0.1) is 5.69 Å². The molecule has 4 heterocycles. The molecule has 1 saturated heterocycles. The number of likely N-dealkylation sites (tertiary alicyclic amines) is 1. The lowest BCUT2D eigenvalue weighted by molar-refractivity contribution is 0.113. The average molecular weight is 486 g/mol. The zero-order valence-corrected chi connectivity index (χ0v) is 20.7. The first-order valence-electron chi connectivity index (χ1n) is 12.4. The number of para-hydroxylation sites is 1. The van der Waals surface area contributed by atoms with Crippen molar-refractivity contribution in [3.8, 4) is 17.0 Å². The van der Waals surface area contributed by atoms with Gasteiger partial charge in [0, 0.05) is 48.9 Å². The van der Waals surface area contributed by atoms with E-state index in [1.54, 1.807) is 0 Å². The van der Waals surface area contributed by atoms with Crippen LogP contribution in [0.4, 0.5) is 5.82 Å². The van der Waals surface area contributed by atoms with Gasteiger partial charge in [-0.05, 0) is 48.5 Å². The van der Waals surface area contributed by atoms with Crippen molar-refractivity contribution in [3.63, 3.8) is 0 Å². The fourth-order valence-corrected chi connectivity index (χ4v) is 5.61. The number of ether oxygens (including phenoxy) is 1. The molecule has 2 aliphatic heterocycles. The van der Waals surface area contributed by atoms with E-state index in [2.05, 4.69) is 45.6 Å². The van der Waals surface area contributed by atoms with E-state index in [-0.39, 0.29) is 6.10 Å². The maximum atomic E-state index is 6.49. The van der Waals surface area contributed by atoms with Crippen molar-refractivity contribution in [2.24, 2.45) is 5.92 Å². The lowest BCUT2D eigenvalue weighted by Gasteiger charge is -2.34. The van der Waals surface area contributed by atoms with Crippen molar-refractivity contribution in [1.29, 1.82) is 0 Å². The molecule has 0 bridgehead atoms. The third-order valence-corrected chi connectivity index (χ3v) is 7.48. The normalized spacial score (nSPS) is 20.0. The molecular weight excluding hydrogens is 457 g/mol. The third-order valence-electron chi connectivity index (χ3n) is 7.15. The predicted molar refractivity (Wildman–Crippen MR) is 144 cm³/mol. The van der Waals surface area contributed by atoms with Gasteiger partial charge in [-0.3, -0.25) is 4.90 Å². The summed E-state index contributed by atoms with van der Waals surface area (Å²) >= 11 is 6.49. The summed E-state index contributed by atoms with van der Waals surface area (Å²) in [6, 6.07) is 18.3. The Morgan fingerprint density at radius 3 is 2.89 bits per heavy atom. The number of halogens is 1. The van der Waals surface area contributed by atoms with Crippen LogP contribution in [0.5, 0.6) is 5.75 Å². The Morgan fingerprint density at radius 2 is 2.00 bits per heavy atom. The van der Waals surface area contributed by atoms with E-state index in [9.17, 15) is 0 Å². The largest absolute Gasteiger partial charge is 0.488 e. The summed E-state index contributed by atoms with van der Waals surface area (Å²) < 4.78 is 8.11. The molecule has 0 spiro atoms. The van der Waals surface area contributed by atoms with E-state index in [1.165, 1.54) is 18.4 Å². The fourth-order valence-electron chi connectivity index (χ4n) is 5.38. The molecule has 0 amide bonds. The molecule has 0 radical (unpaired) electrons. The second-order valence-electron chi connectivity index (χ2n) is 9.77. The highest BCUT2D eigenvalue weighted by atomic mass is 35.5. The molecular formula is C27H29BClN5O. The summed E-state index contributed by atoms with van der Waals surface area (Å²) in [6.45, 7) is 4.09. The van der Waals surface area contributed by atoms with E-state index in [0.717, 1.165) is 66.5 Å². The Bertz CT molecular complexity index is 1330. The van der Waals surface area contributed by atoms with E-state index in [4.69, 9.17) is 21.3 Å². The van der Waals surface area contributed by atoms with Crippen molar-refractivity contribution in [1.82, 2.24) is 19.5 Å². The summed E-state index contributed by atoms with van der Waals surface area (Å²) in [6.07, 6.45) is 5.56. The van der Waals surface area contributed by atoms with Gasteiger partial charge in [-0.15, -0.1) is 0 Å². The lowest BCUT2D eigenvalue weighted by Crippen LogP contribution is -2.43. The number of piperidine rings is 1. The standard InChI is InChI=1S/C27H29BClN5O/c28-22-15-31-34-26(13-24(32-27(22)34)21-8-2-3-9-23(21)29)30-14-18-6-5-11-33(16-18)17-20-12-19-7-1-4-10-25(19)35-20/h1-4,7-10,13,15,18,20,30H,5-6,11-12,14,16-17,28H2. The Hall–Kier alpha value is -3.03. The van der Waals surface area contributed by atoms with Gasteiger partial charge in [-0.2, -0.15) is 9.61 Å². The molecule has 6 rings (SSSR count). The van der Waals surface area contributed by atoms with Crippen LogP contribution in [-0.2, 0) is 6.42 Å². The molecule has 1 fully saturated rings. The van der Waals surface area contributed by atoms with Gasteiger partial charge in [0.2, 0.25) is 0 Å². The van der Waals surface area contributed by atoms with Crippen LogP contribution in [0.2, 0.25) is 5.02 Å². The van der Waals surface area contributed by atoms with Crippen LogP contribution in [0.1, 0.15) is 18.4 Å². The van der Waals surface area contributed by atoms with Crippen molar-refractivity contribution < 1.29 is 4.74 Å². The molecule has 2 atom stereocenters. The number of rotatable bonds is 6. The number of benzene rings is 2. The van der Waals surface area contributed by atoms with Gasteiger partial charge in [0.1, 0.15) is 25.5 Å². The predicted octanol–water partition coefficient (Wildman–Crippen LogP) is 3.44. The van der Waals surface area contributed by atoms with Crippen LogP contribution in [0.25, 0.3) is 16.9 Å². The van der Waals surface area contributed by atoms with Gasteiger partial charge in [0.25, 0.3) is 0 Å². The molecule has 2 unspecified atom stereocenters. The van der Waals surface area contributed by atoms with Crippen molar-refractivity contribution in [3.05, 3.63) is 71.4 Å². The second-order valence-corrected chi connectivity index (χ2v) is 10.2. The molecule has 2 aromatic carbocycles. The third kappa shape index (κ3) is 4.63. The summed E-state index contributed by atoms with van der Waals surface area (Å²) in [5.41, 5.74) is 5.02. The molecule has 2 aliphatic rings. The maximum Gasteiger partial charge on any atom is 0.151 e. The molecule has 0 saturated carbocycles. The molecule has 1 N–H and O–H groups in total. The molecule has 8 heteroatoms. The molecule has 2 aromatic heterocycles. The van der Waals surface area contributed by atoms with Crippen LogP contribution < -0.4 is 15.5 Å². The van der Waals surface area contributed by atoms with Crippen LogP contribution in [-0.4, -0.2) is 59.6 Å². The van der Waals surface area contributed by atoms with Gasteiger partial charge in [-0.1, -0.05) is 48.0 Å². The Kier molecular flexibility index (Phi) is 6.12. The molecule has 6 nitrogen and oxygen atoms in total. The van der Waals surface area contributed by atoms with Crippen LogP contribution in [0.3, 0.4) is 0 Å². The summed E-state index contributed by atoms with van der Waals surface area (Å²) in [7, 11) is 2.04. The van der Waals surface area contributed by atoms with Crippen molar-refractivity contribution in [2.75, 3.05) is 31.5 Å². The number of fused-ring (bicyclic) bond motifs is 2. The minimum absolute atomic E-state index is 0.254. The van der Waals surface area contributed by atoms with E-state index >= 15 is 0 Å². The summed E-state index contributed by atoms with van der Waals surface area (Å²) in [5.74, 6) is 2.57. The van der Waals surface area contributed by atoms with Crippen LogP contribution >= 0.6 is 11.6 Å². The number of hydrogen-bond donors (Lipinski definition) is 1. The first-order chi connectivity index (χ1) is 17.1. The number of nitrogens with one attached hydrogen (secondary N) is 1. The number of hydrogen-bond acceptors (Lipinski definition) is 5. The first-order valence-corrected chi connectivity index (χ1v) is 12.8.